The maximum atomic E-state index is 5.57. The molecule has 2 N–H and O–H groups in total. The molecule has 2 aromatic rings. The molecule has 1 aromatic carbocycles. The standard InChI is InChI=1S/C15H19N3S/c1-2-18(10-8-15(16)19)11-12-7-9-17-14-6-4-3-5-13(12)14/h3-7,9H,2,8,10-11H2,1H3,(H2,16,19). The van der Waals surface area contributed by atoms with Gasteiger partial charge in [0.25, 0.3) is 0 Å². The molecule has 0 aliphatic heterocycles. The summed E-state index contributed by atoms with van der Waals surface area (Å²) in [6.07, 6.45) is 2.64. The quantitative estimate of drug-likeness (QED) is 0.822. The molecule has 0 saturated carbocycles. The molecular weight excluding hydrogens is 254 g/mol. The number of hydrogen-bond acceptors (Lipinski definition) is 3. The molecule has 100 valence electrons. The van der Waals surface area contributed by atoms with Crippen LogP contribution in [-0.2, 0) is 6.54 Å². The van der Waals surface area contributed by atoms with Crippen LogP contribution in [0.2, 0.25) is 0 Å². The average molecular weight is 273 g/mol. The van der Waals surface area contributed by atoms with Crippen molar-refractivity contribution in [1.82, 2.24) is 9.88 Å². The van der Waals surface area contributed by atoms with Crippen LogP contribution in [0.1, 0.15) is 18.9 Å². The molecular formula is C15H19N3S. The zero-order chi connectivity index (χ0) is 13.7. The summed E-state index contributed by atoms with van der Waals surface area (Å²) in [6, 6.07) is 10.3. The van der Waals surface area contributed by atoms with Gasteiger partial charge in [-0.3, -0.25) is 9.88 Å². The number of hydrogen-bond donors (Lipinski definition) is 1. The zero-order valence-electron chi connectivity index (χ0n) is 11.2. The Balaban J connectivity index is 2.17. The number of rotatable bonds is 6. The van der Waals surface area contributed by atoms with Crippen LogP contribution >= 0.6 is 12.2 Å². The number of thiocarbonyl (C=S) groups is 1. The molecule has 0 aliphatic carbocycles. The van der Waals surface area contributed by atoms with Crippen LogP contribution in [0.3, 0.4) is 0 Å². The summed E-state index contributed by atoms with van der Waals surface area (Å²) in [5, 5.41) is 1.22. The number of fused-ring (bicyclic) bond motifs is 1. The van der Waals surface area contributed by atoms with Crippen LogP contribution in [0, 0.1) is 0 Å². The Morgan fingerprint density at radius 3 is 2.84 bits per heavy atom. The van der Waals surface area contributed by atoms with Gasteiger partial charge in [0.05, 0.1) is 10.5 Å². The second-order valence-corrected chi connectivity index (χ2v) is 5.10. The van der Waals surface area contributed by atoms with Crippen LogP contribution in [0.15, 0.2) is 36.5 Å². The summed E-state index contributed by atoms with van der Waals surface area (Å²) >= 11 is 4.94. The minimum Gasteiger partial charge on any atom is -0.393 e. The van der Waals surface area contributed by atoms with Gasteiger partial charge in [-0.15, -0.1) is 0 Å². The van der Waals surface area contributed by atoms with Gasteiger partial charge in [0.15, 0.2) is 0 Å². The Hall–Kier alpha value is -1.52. The summed E-state index contributed by atoms with van der Waals surface area (Å²) in [4.78, 5) is 7.32. The maximum absolute atomic E-state index is 5.57. The zero-order valence-corrected chi connectivity index (χ0v) is 12.0. The van der Waals surface area contributed by atoms with Gasteiger partial charge in [-0.05, 0) is 24.2 Å². The minimum atomic E-state index is 0.582. The maximum Gasteiger partial charge on any atom is 0.0740 e. The molecule has 0 radical (unpaired) electrons. The number of nitrogens with two attached hydrogens (primary N) is 1. The van der Waals surface area contributed by atoms with E-state index in [9.17, 15) is 0 Å². The van der Waals surface area contributed by atoms with Crippen molar-refractivity contribution < 1.29 is 0 Å². The van der Waals surface area contributed by atoms with Crippen molar-refractivity contribution in [2.45, 2.75) is 19.9 Å². The smallest absolute Gasteiger partial charge is 0.0740 e. The summed E-state index contributed by atoms with van der Waals surface area (Å²) in [5.41, 5.74) is 7.92. The molecule has 0 saturated heterocycles. The lowest BCUT2D eigenvalue weighted by Gasteiger charge is -2.20. The first-order chi connectivity index (χ1) is 9.20. The van der Waals surface area contributed by atoms with Gasteiger partial charge in [0.1, 0.15) is 0 Å². The molecule has 0 spiro atoms. The lowest BCUT2D eigenvalue weighted by atomic mass is 10.1. The Morgan fingerprint density at radius 1 is 1.32 bits per heavy atom. The highest BCUT2D eigenvalue weighted by Crippen LogP contribution is 2.17. The van der Waals surface area contributed by atoms with Gasteiger partial charge in [-0.25, -0.2) is 0 Å². The first-order valence-corrected chi connectivity index (χ1v) is 6.95. The van der Waals surface area contributed by atoms with Crippen molar-refractivity contribution in [3.63, 3.8) is 0 Å². The first kappa shape index (κ1) is 13.9. The van der Waals surface area contributed by atoms with Gasteiger partial charge in [-0.1, -0.05) is 37.3 Å². The lowest BCUT2D eigenvalue weighted by Crippen LogP contribution is -2.27. The van der Waals surface area contributed by atoms with E-state index in [1.807, 2.05) is 18.3 Å². The average Bonchev–Trinajstić information content (AvgIpc) is 2.43. The van der Waals surface area contributed by atoms with Crippen LogP contribution in [0.25, 0.3) is 10.9 Å². The van der Waals surface area contributed by atoms with E-state index in [2.05, 4.69) is 35.0 Å². The fourth-order valence-electron chi connectivity index (χ4n) is 2.15. The van der Waals surface area contributed by atoms with E-state index in [1.165, 1.54) is 10.9 Å². The third kappa shape index (κ3) is 3.72. The van der Waals surface area contributed by atoms with Gasteiger partial charge >= 0.3 is 0 Å². The van der Waals surface area contributed by atoms with Crippen molar-refractivity contribution >= 4 is 28.1 Å². The van der Waals surface area contributed by atoms with Crippen LogP contribution < -0.4 is 5.73 Å². The number of pyridine rings is 1. The Kier molecular flexibility index (Phi) is 4.82. The van der Waals surface area contributed by atoms with E-state index in [0.29, 0.717) is 4.99 Å². The molecule has 1 heterocycles. The molecule has 1 aromatic heterocycles. The summed E-state index contributed by atoms with van der Waals surface area (Å²) < 4.78 is 0. The third-order valence-corrected chi connectivity index (χ3v) is 3.46. The summed E-state index contributed by atoms with van der Waals surface area (Å²) in [7, 11) is 0. The van der Waals surface area contributed by atoms with E-state index in [1.54, 1.807) is 0 Å². The SMILES string of the molecule is CCN(CCC(N)=S)Cc1ccnc2ccccc12. The Labute approximate surface area is 119 Å². The molecule has 2 rings (SSSR count). The molecule has 4 heteroatoms. The van der Waals surface area contributed by atoms with Gasteiger partial charge in [-0.2, -0.15) is 0 Å². The van der Waals surface area contributed by atoms with Crippen molar-refractivity contribution in [1.29, 1.82) is 0 Å². The number of benzene rings is 1. The van der Waals surface area contributed by atoms with E-state index in [-0.39, 0.29) is 0 Å². The van der Waals surface area contributed by atoms with Crippen molar-refractivity contribution in [2.24, 2.45) is 5.73 Å². The fraction of sp³-hybridized carbons (Fsp3) is 0.333. The highest BCUT2D eigenvalue weighted by molar-refractivity contribution is 7.80. The van der Waals surface area contributed by atoms with Crippen LogP contribution in [0.4, 0.5) is 0 Å². The second-order valence-electron chi connectivity index (χ2n) is 4.57. The fourth-order valence-corrected chi connectivity index (χ4v) is 2.24. The number of aromatic nitrogens is 1. The molecule has 0 unspecified atom stereocenters. The minimum absolute atomic E-state index is 0.582. The normalized spacial score (nSPS) is 11.1. The monoisotopic (exact) mass is 273 g/mol. The first-order valence-electron chi connectivity index (χ1n) is 6.54. The van der Waals surface area contributed by atoms with Crippen LogP contribution in [-0.4, -0.2) is 28.0 Å². The van der Waals surface area contributed by atoms with Gasteiger partial charge < -0.3 is 5.73 Å². The molecule has 0 atom stereocenters. The van der Waals surface area contributed by atoms with Crippen LogP contribution in [0.5, 0.6) is 0 Å². The van der Waals surface area contributed by atoms with E-state index >= 15 is 0 Å². The van der Waals surface area contributed by atoms with E-state index < -0.39 is 0 Å². The summed E-state index contributed by atoms with van der Waals surface area (Å²) in [6.45, 7) is 4.95. The third-order valence-electron chi connectivity index (χ3n) is 3.25. The Morgan fingerprint density at radius 2 is 2.11 bits per heavy atom. The number of para-hydroxylation sites is 1. The molecule has 0 amide bonds. The molecule has 3 nitrogen and oxygen atoms in total. The lowest BCUT2D eigenvalue weighted by molar-refractivity contribution is 0.289. The largest absolute Gasteiger partial charge is 0.393 e. The van der Waals surface area contributed by atoms with Gasteiger partial charge in [0.2, 0.25) is 0 Å². The second kappa shape index (κ2) is 6.59. The highest BCUT2D eigenvalue weighted by atomic mass is 32.1. The molecule has 0 aliphatic rings. The molecule has 0 bridgehead atoms. The predicted octanol–water partition coefficient (Wildman–Crippen LogP) is 2.73. The van der Waals surface area contributed by atoms with Crippen molar-refractivity contribution in [2.75, 3.05) is 13.1 Å². The highest BCUT2D eigenvalue weighted by Gasteiger charge is 2.07. The van der Waals surface area contributed by atoms with Crippen molar-refractivity contribution in [3.8, 4) is 0 Å². The summed E-state index contributed by atoms with van der Waals surface area (Å²) in [5.74, 6) is 0. The molecule has 0 fully saturated rings. The van der Waals surface area contributed by atoms with E-state index in [4.69, 9.17) is 18.0 Å². The topological polar surface area (TPSA) is 42.1 Å². The number of nitrogens with zero attached hydrogens (tertiary/aromatic N) is 2. The van der Waals surface area contributed by atoms with Crippen molar-refractivity contribution in [3.05, 3.63) is 42.1 Å². The van der Waals surface area contributed by atoms with E-state index in [0.717, 1.165) is 31.6 Å². The Bertz CT molecular complexity index is 563. The van der Waals surface area contributed by atoms with Gasteiger partial charge in [0, 0.05) is 31.1 Å². The predicted molar refractivity (Wildman–Crippen MR) is 84.1 cm³/mol. The molecule has 19 heavy (non-hydrogen) atoms.